The monoisotopic (exact) mass is 213 g/mol. The highest BCUT2D eigenvalue weighted by Gasteiger charge is 2.20. The summed E-state index contributed by atoms with van der Waals surface area (Å²) in [6, 6.07) is 3.22. The van der Waals surface area contributed by atoms with E-state index in [0.29, 0.717) is 0 Å². The second-order valence-electron chi connectivity index (χ2n) is 3.72. The van der Waals surface area contributed by atoms with Gasteiger partial charge in [-0.3, -0.25) is 0 Å². The van der Waals surface area contributed by atoms with Crippen LogP contribution in [0.3, 0.4) is 0 Å². The molecule has 1 aromatic carbocycles. The van der Waals surface area contributed by atoms with Crippen LogP contribution in [0.5, 0.6) is 5.75 Å². The molecular weight excluding hydrogens is 200 g/mol. The smallest absolute Gasteiger partial charge is 0.202 e. The molecule has 1 saturated carbocycles. The lowest BCUT2D eigenvalue weighted by molar-refractivity contribution is 0.371. The first-order valence-corrected chi connectivity index (χ1v) is 5.01. The Labute approximate surface area is 87.2 Å². The van der Waals surface area contributed by atoms with Gasteiger partial charge in [0, 0.05) is 6.04 Å². The van der Waals surface area contributed by atoms with Crippen LogP contribution in [0.25, 0.3) is 0 Å². The highest BCUT2D eigenvalue weighted by molar-refractivity contribution is 5.49. The molecule has 1 aliphatic rings. The number of benzene rings is 1. The van der Waals surface area contributed by atoms with Gasteiger partial charge in [-0.2, -0.15) is 4.39 Å². The standard InChI is InChI=1S/C11H13F2NO/c1-15-9-6-5-8(10(12)11(9)13)14-7-3-2-4-7/h5-7,14H,2-4H2,1H3. The van der Waals surface area contributed by atoms with Gasteiger partial charge >= 0.3 is 0 Å². The highest BCUT2D eigenvalue weighted by Crippen LogP contribution is 2.29. The van der Waals surface area contributed by atoms with Crippen molar-refractivity contribution in [2.24, 2.45) is 0 Å². The predicted molar refractivity (Wildman–Crippen MR) is 54.2 cm³/mol. The van der Waals surface area contributed by atoms with E-state index in [1.807, 2.05) is 0 Å². The minimum atomic E-state index is -0.929. The highest BCUT2D eigenvalue weighted by atomic mass is 19.2. The predicted octanol–water partition coefficient (Wildman–Crippen LogP) is 2.94. The Morgan fingerprint density at radius 1 is 1.27 bits per heavy atom. The van der Waals surface area contributed by atoms with Crippen molar-refractivity contribution in [2.45, 2.75) is 25.3 Å². The van der Waals surface area contributed by atoms with E-state index in [2.05, 4.69) is 10.1 Å². The summed E-state index contributed by atoms with van der Waals surface area (Å²) < 4.78 is 31.4. The van der Waals surface area contributed by atoms with Gasteiger partial charge in [0.25, 0.3) is 0 Å². The number of hydrogen-bond donors (Lipinski definition) is 1. The Morgan fingerprint density at radius 2 is 2.00 bits per heavy atom. The molecule has 15 heavy (non-hydrogen) atoms. The second kappa shape index (κ2) is 4.04. The molecule has 0 unspecified atom stereocenters. The largest absolute Gasteiger partial charge is 0.494 e. The van der Waals surface area contributed by atoms with Crippen molar-refractivity contribution in [1.29, 1.82) is 0 Å². The summed E-state index contributed by atoms with van der Waals surface area (Å²) in [5.74, 6) is -1.85. The third-order valence-electron chi connectivity index (χ3n) is 2.73. The number of anilines is 1. The molecule has 82 valence electrons. The van der Waals surface area contributed by atoms with Crippen LogP contribution >= 0.6 is 0 Å². The third kappa shape index (κ3) is 1.89. The van der Waals surface area contributed by atoms with Gasteiger partial charge in [-0.25, -0.2) is 4.39 Å². The van der Waals surface area contributed by atoms with Crippen LogP contribution in [0.15, 0.2) is 12.1 Å². The molecular formula is C11H13F2NO. The van der Waals surface area contributed by atoms with Crippen LogP contribution in [0.1, 0.15) is 19.3 Å². The average molecular weight is 213 g/mol. The molecule has 4 heteroatoms. The molecule has 0 atom stereocenters. The Balaban J connectivity index is 2.20. The molecule has 0 amide bonds. The van der Waals surface area contributed by atoms with Crippen molar-refractivity contribution in [3.8, 4) is 5.75 Å². The summed E-state index contributed by atoms with van der Waals surface area (Å²) in [4.78, 5) is 0. The average Bonchev–Trinajstić information content (AvgIpc) is 2.18. The number of halogens is 2. The van der Waals surface area contributed by atoms with Crippen molar-refractivity contribution < 1.29 is 13.5 Å². The Morgan fingerprint density at radius 3 is 2.53 bits per heavy atom. The van der Waals surface area contributed by atoms with Crippen molar-refractivity contribution >= 4 is 5.69 Å². The molecule has 0 bridgehead atoms. The lowest BCUT2D eigenvalue weighted by Crippen LogP contribution is -2.27. The molecule has 0 aromatic heterocycles. The first kappa shape index (κ1) is 10.2. The number of hydrogen-bond acceptors (Lipinski definition) is 2. The summed E-state index contributed by atoms with van der Waals surface area (Å²) in [5, 5.41) is 2.97. The lowest BCUT2D eigenvalue weighted by Gasteiger charge is -2.27. The second-order valence-corrected chi connectivity index (χ2v) is 3.72. The fourth-order valence-electron chi connectivity index (χ4n) is 1.57. The van der Waals surface area contributed by atoms with E-state index in [1.54, 1.807) is 0 Å². The van der Waals surface area contributed by atoms with Gasteiger partial charge in [0.2, 0.25) is 5.82 Å². The summed E-state index contributed by atoms with van der Waals surface area (Å²) in [6.07, 6.45) is 3.19. The van der Waals surface area contributed by atoms with E-state index in [1.165, 1.54) is 19.2 Å². The Hall–Kier alpha value is -1.32. The summed E-state index contributed by atoms with van der Waals surface area (Å²) >= 11 is 0. The molecule has 0 aliphatic heterocycles. The maximum atomic E-state index is 13.5. The number of nitrogens with one attached hydrogen (secondary N) is 1. The maximum absolute atomic E-state index is 13.5. The van der Waals surface area contributed by atoms with Gasteiger partial charge in [0.1, 0.15) is 0 Å². The van der Waals surface area contributed by atoms with E-state index < -0.39 is 11.6 Å². The number of rotatable bonds is 3. The van der Waals surface area contributed by atoms with Crippen LogP contribution in [-0.4, -0.2) is 13.2 Å². The molecule has 2 nitrogen and oxygen atoms in total. The Kier molecular flexibility index (Phi) is 2.75. The normalized spacial score (nSPS) is 15.9. The Bertz CT molecular complexity index is 364. The minimum Gasteiger partial charge on any atom is -0.494 e. The van der Waals surface area contributed by atoms with Crippen LogP contribution in [0, 0.1) is 11.6 Å². The molecule has 1 fully saturated rings. The first-order valence-electron chi connectivity index (χ1n) is 5.01. The maximum Gasteiger partial charge on any atom is 0.202 e. The molecule has 0 spiro atoms. The van der Waals surface area contributed by atoms with E-state index in [0.717, 1.165) is 19.3 Å². The van der Waals surface area contributed by atoms with Crippen molar-refractivity contribution in [1.82, 2.24) is 0 Å². The number of methoxy groups -OCH3 is 1. The first-order chi connectivity index (χ1) is 7.22. The number of ether oxygens (including phenoxy) is 1. The third-order valence-corrected chi connectivity index (χ3v) is 2.73. The van der Waals surface area contributed by atoms with Crippen molar-refractivity contribution in [2.75, 3.05) is 12.4 Å². The SMILES string of the molecule is COc1ccc(NC2CCC2)c(F)c1F. The lowest BCUT2D eigenvalue weighted by atomic mass is 9.93. The molecule has 1 aliphatic carbocycles. The molecule has 0 radical (unpaired) electrons. The summed E-state index contributed by atoms with van der Waals surface area (Å²) in [6.45, 7) is 0. The summed E-state index contributed by atoms with van der Waals surface area (Å²) in [5.41, 5.74) is 0.220. The van der Waals surface area contributed by atoms with E-state index in [9.17, 15) is 8.78 Å². The van der Waals surface area contributed by atoms with Crippen LogP contribution in [0.2, 0.25) is 0 Å². The zero-order valence-electron chi connectivity index (χ0n) is 8.52. The van der Waals surface area contributed by atoms with Gasteiger partial charge < -0.3 is 10.1 Å². The fourth-order valence-corrected chi connectivity index (χ4v) is 1.57. The van der Waals surface area contributed by atoms with Crippen molar-refractivity contribution in [3.63, 3.8) is 0 Å². The molecule has 0 heterocycles. The van der Waals surface area contributed by atoms with Crippen LogP contribution in [0.4, 0.5) is 14.5 Å². The van der Waals surface area contributed by atoms with Crippen molar-refractivity contribution in [3.05, 3.63) is 23.8 Å². The van der Waals surface area contributed by atoms with Gasteiger partial charge in [-0.1, -0.05) is 0 Å². The van der Waals surface area contributed by atoms with E-state index in [4.69, 9.17) is 0 Å². The quantitative estimate of drug-likeness (QED) is 0.833. The molecule has 0 saturated heterocycles. The molecule has 2 rings (SSSR count). The van der Waals surface area contributed by atoms with Gasteiger partial charge in [-0.05, 0) is 31.4 Å². The van der Waals surface area contributed by atoms with Gasteiger partial charge in [0.05, 0.1) is 12.8 Å². The van der Waals surface area contributed by atoms with Crippen LogP contribution in [-0.2, 0) is 0 Å². The zero-order valence-corrected chi connectivity index (χ0v) is 8.52. The topological polar surface area (TPSA) is 21.3 Å². The fraction of sp³-hybridized carbons (Fsp3) is 0.455. The zero-order chi connectivity index (χ0) is 10.8. The van der Waals surface area contributed by atoms with E-state index in [-0.39, 0.29) is 17.5 Å². The van der Waals surface area contributed by atoms with Gasteiger partial charge in [0.15, 0.2) is 11.6 Å². The minimum absolute atomic E-state index is 0.0633. The molecule has 1 N–H and O–H groups in total. The van der Waals surface area contributed by atoms with Crippen LogP contribution < -0.4 is 10.1 Å². The summed E-state index contributed by atoms with van der Waals surface area (Å²) in [7, 11) is 1.32. The van der Waals surface area contributed by atoms with Gasteiger partial charge in [-0.15, -0.1) is 0 Å². The molecule has 1 aromatic rings. The van der Waals surface area contributed by atoms with E-state index >= 15 is 0 Å².